The van der Waals surface area contributed by atoms with Gasteiger partial charge in [-0.2, -0.15) is 0 Å². The molecule has 1 aromatic carbocycles. The molecule has 1 aliphatic carbocycles. The van der Waals surface area contributed by atoms with Crippen LogP contribution in [0, 0.1) is 0 Å². The molecule has 0 radical (unpaired) electrons. The zero-order valence-corrected chi connectivity index (χ0v) is 13.6. The molecule has 1 aliphatic rings. The number of nitrogens with one attached hydrogen (secondary N) is 1. The summed E-state index contributed by atoms with van der Waals surface area (Å²) in [6.07, 6.45) is 5.27. The van der Waals surface area contributed by atoms with Gasteiger partial charge in [0.05, 0.1) is 11.2 Å². The Morgan fingerprint density at radius 3 is 2.73 bits per heavy atom. The molecule has 0 unspecified atom stereocenters. The van der Waals surface area contributed by atoms with Crippen LogP contribution in [0.2, 0.25) is 0 Å². The van der Waals surface area contributed by atoms with E-state index in [0.717, 1.165) is 41.1 Å². The van der Waals surface area contributed by atoms with Crippen LogP contribution in [0.4, 0.5) is 5.69 Å². The third-order valence-electron chi connectivity index (χ3n) is 4.18. The number of carbonyl (C=O) groups is 1. The maximum Gasteiger partial charge on any atom is 0.339 e. The SMILES string of the molecule is N[C@H]1CC[C@H](Nc2c(C(=O)O)cnc3ccc(Br)cc23)CC1. The number of hydrogen-bond donors (Lipinski definition) is 3. The lowest BCUT2D eigenvalue weighted by atomic mass is 9.91. The number of fused-ring (bicyclic) bond motifs is 1. The first-order valence-corrected chi connectivity index (χ1v) is 8.17. The largest absolute Gasteiger partial charge is 0.478 e. The minimum Gasteiger partial charge on any atom is -0.478 e. The highest BCUT2D eigenvalue weighted by molar-refractivity contribution is 9.10. The summed E-state index contributed by atoms with van der Waals surface area (Å²) in [5.41, 5.74) is 7.58. The smallest absolute Gasteiger partial charge is 0.339 e. The zero-order valence-electron chi connectivity index (χ0n) is 12.1. The van der Waals surface area contributed by atoms with E-state index >= 15 is 0 Å². The first-order chi connectivity index (χ1) is 10.5. The van der Waals surface area contributed by atoms with E-state index in [0.29, 0.717) is 5.69 Å². The standard InChI is InChI=1S/C16H18BrN3O2/c17-9-1-6-14-12(7-9)15(13(8-19-14)16(21)22)20-11-4-2-10(18)3-5-11/h1,6-8,10-11H,2-5,18H2,(H,19,20)(H,21,22)/t10-,11-. The number of pyridine rings is 1. The number of anilines is 1. The number of hydrogen-bond acceptors (Lipinski definition) is 4. The minimum atomic E-state index is -0.968. The maximum atomic E-state index is 11.5. The van der Waals surface area contributed by atoms with Crippen LogP contribution in [-0.2, 0) is 0 Å². The van der Waals surface area contributed by atoms with E-state index in [9.17, 15) is 9.90 Å². The molecule has 0 aliphatic heterocycles. The van der Waals surface area contributed by atoms with Gasteiger partial charge in [0.2, 0.25) is 0 Å². The summed E-state index contributed by atoms with van der Waals surface area (Å²) < 4.78 is 0.901. The first kappa shape index (κ1) is 15.2. The highest BCUT2D eigenvalue weighted by Crippen LogP contribution is 2.31. The second kappa shape index (κ2) is 6.22. The van der Waals surface area contributed by atoms with Gasteiger partial charge < -0.3 is 16.2 Å². The van der Waals surface area contributed by atoms with Crippen molar-refractivity contribution >= 4 is 38.5 Å². The van der Waals surface area contributed by atoms with Crippen molar-refractivity contribution in [1.82, 2.24) is 4.98 Å². The molecule has 1 heterocycles. The highest BCUT2D eigenvalue weighted by atomic mass is 79.9. The topological polar surface area (TPSA) is 88.2 Å². The number of nitrogens with zero attached hydrogens (tertiary/aromatic N) is 1. The van der Waals surface area contributed by atoms with Crippen LogP contribution in [0.25, 0.3) is 10.9 Å². The van der Waals surface area contributed by atoms with Crippen molar-refractivity contribution in [3.05, 3.63) is 34.4 Å². The molecule has 0 atom stereocenters. The molecule has 4 N–H and O–H groups in total. The third-order valence-corrected chi connectivity index (χ3v) is 4.67. The predicted octanol–water partition coefficient (Wildman–Crippen LogP) is 3.38. The summed E-state index contributed by atoms with van der Waals surface area (Å²) in [7, 11) is 0. The average Bonchev–Trinajstić information content (AvgIpc) is 2.49. The molecule has 3 rings (SSSR count). The fourth-order valence-electron chi connectivity index (χ4n) is 2.95. The van der Waals surface area contributed by atoms with Crippen LogP contribution in [0.3, 0.4) is 0 Å². The van der Waals surface area contributed by atoms with E-state index in [1.807, 2.05) is 18.2 Å². The van der Waals surface area contributed by atoms with Crippen LogP contribution >= 0.6 is 15.9 Å². The van der Waals surface area contributed by atoms with Gasteiger partial charge in [-0.15, -0.1) is 0 Å². The summed E-state index contributed by atoms with van der Waals surface area (Å²) in [6, 6.07) is 6.21. The second-order valence-corrected chi connectivity index (χ2v) is 6.69. The lowest BCUT2D eigenvalue weighted by Crippen LogP contribution is -2.33. The molecule has 0 amide bonds. The molecule has 1 fully saturated rings. The maximum absolute atomic E-state index is 11.5. The van der Waals surface area contributed by atoms with Gasteiger partial charge in [0.25, 0.3) is 0 Å². The third kappa shape index (κ3) is 3.08. The van der Waals surface area contributed by atoms with Crippen molar-refractivity contribution in [2.75, 3.05) is 5.32 Å². The van der Waals surface area contributed by atoms with Gasteiger partial charge in [-0.25, -0.2) is 4.79 Å². The van der Waals surface area contributed by atoms with Gasteiger partial charge in [-0.05, 0) is 43.9 Å². The Kier molecular flexibility index (Phi) is 4.31. The van der Waals surface area contributed by atoms with Gasteiger partial charge in [-0.1, -0.05) is 15.9 Å². The Hall–Kier alpha value is -1.66. The number of aromatic nitrogens is 1. The molecular weight excluding hydrogens is 346 g/mol. The molecule has 22 heavy (non-hydrogen) atoms. The van der Waals surface area contributed by atoms with E-state index in [1.165, 1.54) is 6.20 Å². The summed E-state index contributed by atoms with van der Waals surface area (Å²) in [6.45, 7) is 0. The number of carboxylic acids is 1. The lowest BCUT2D eigenvalue weighted by molar-refractivity contribution is 0.0697. The van der Waals surface area contributed by atoms with Crippen LogP contribution in [0.1, 0.15) is 36.0 Å². The Bertz CT molecular complexity index is 712. The van der Waals surface area contributed by atoms with E-state index in [2.05, 4.69) is 26.2 Å². The monoisotopic (exact) mass is 363 g/mol. The predicted molar refractivity (Wildman–Crippen MR) is 90.3 cm³/mol. The zero-order chi connectivity index (χ0) is 15.7. The number of rotatable bonds is 3. The molecule has 1 aromatic heterocycles. The van der Waals surface area contributed by atoms with Crippen molar-refractivity contribution in [2.45, 2.75) is 37.8 Å². The minimum absolute atomic E-state index is 0.209. The lowest BCUT2D eigenvalue weighted by Gasteiger charge is -2.28. The Labute approximate surface area is 137 Å². The molecule has 2 aromatic rings. The molecule has 0 spiro atoms. The fraction of sp³-hybridized carbons (Fsp3) is 0.375. The Balaban J connectivity index is 2.02. The van der Waals surface area contributed by atoms with Crippen molar-refractivity contribution in [3.8, 4) is 0 Å². The quantitative estimate of drug-likeness (QED) is 0.777. The highest BCUT2D eigenvalue weighted by Gasteiger charge is 2.22. The number of aromatic carboxylic acids is 1. The van der Waals surface area contributed by atoms with Gasteiger partial charge in [0.1, 0.15) is 5.56 Å². The molecule has 5 nitrogen and oxygen atoms in total. The average molecular weight is 364 g/mol. The molecule has 1 saturated carbocycles. The van der Waals surface area contributed by atoms with Gasteiger partial charge in [-0.3, -0.25) is 4.98 Å². The number of nitrogens with two attached hydrogens (primary N) is 1. The molecular formula is C16H18BrN3O2. The van der Waals surface area contributed by atoms with Crippen LogP contribution in [-0.4, -0.2) is 28.1 Å². The normalized spacial score (nSPS) is 21.7. The van der Waals surface area contributed by atoms with E-state index in [4.69, 9.17) is 5.73 Å². The molecule has 0 bridgehead atoms. The van der Waals surface area contributed by atoms with Gasteiger partial charge >= 0.3 is 5.97 Å². The van der Waals surface area contributed by atoms with Gasteiger partial charge in [0, 0.05) is 28.1 Å². The number of carboxylic acid groups (broad SMARTS) is 1. The number of halogens is 1. The van der Waals surface area contributed by atoms with Gasteiger partial charge in [0.15, 0.2) is 0 Å². The molecule has 0 saturated heterocycles. The number of benzene rings is 1. The van der Waals surface area contributed by atoms with Crippen LogP contribution in [0.5, 0.6) is 0 Å². The van der Waals surface area contributed by atoms with Crippen LogP contribution in [0.15, 0.2) is 28.9 Å². The van der Waals surface area contributed by atoms with Crippen LogP contribution < -0.4 is 11.1 Å². The summed E-state index contributed by atoms with van der Waals surface area (Å²) >= 11 is 3.44. The Morgan fingerprint density at radius 2 is 2.05 bits per heavy atom. The van der Waals surface area contributed by atoms with E-state index < -0.39 is 5.97 Å². The first-order valence-electron chi connectivity index (χ1n) is 7.38. The van der Waals surface area contributed by atoms with Crippen molar-refractivity contribution in [3.63, 3.8) is 0 Å². The summed E-state index contributed by atoms with van der Waals surface area (Å²) in [5, 5.41) is 13.7. The molecule has 116 valence electrons. The summed E-state index contributed by atoms with van der Waals surface area (Å²) in [4.78, 5) is 15.8. The van der Waals surface area contributed by atoms with Crippen molar-refractivity contribution < 1.29 is 9.90 Å². The van der Waals surface area contributed by atoms with Crippen molar-refractivity contribution in [1.29, 1.82) is 0 Å². The van der Waals surface area contributed by atoms with E-state index in [1.54, 1.807) is 0 Å². The Morgan fingerprint density at radius 1 is 1.32 bits per heavy atom. The fourth-order valence-corrected chi connectivity index (χ4v) is 3.31. The van der Waals surface area contributed by atoms with E-state index in [-0.39, 0.29) is 17.6 Å². The second-order valence-electron chi connectivity index (χ2n) is 5.77. The summed E-state index contributed by atoms with van der Waals surface area (Å²) in [5.74, 6) is -0.968. The van der Waals surface area contributed by atoms with Crippen molar-refractivity contribution in [2.24, 2.45) is 5.73 Å². The molecule has 6 heteroatoms.